The fourth-order valence-electron chi connectivity index (χ4n) is 3.27. The molecule has 0 bridgehead atoms. The van der Waals surface area contributed by atoms with Gasteiger partial charge in [0.05, 0.1) is 10.9 Å². The molecule has 1 N–H and O–H groups in total. The molecule has 0 aliphatic rings. The third-order valence-corrected chi connectivity index (χ3v) is 6.09. The van der Waals surface area contributed by atoms with E-state index in [4.69, 9.17) is 0 Å². The smallest absolute Gasteiger partial charge is 0.262 e. The van der Waals surface area contributed by atoms with E-state index in [0.717, 1.165) is 11.1 Å². The normalized spacial score (nSPS) is 11.0. The lowest BCUT2D eigenvalue weighted by molar-refractivity contribution is 0.103. The van der Waals surface area contributed by atoms with E-state index in [1.54, 1.807) is 35.9 Å². The van der Waals surface area contributed by atoms with Gasteiger partial charge in [-0.25, -0.2) is 4.98 Å². The quantitative estimate of drug-likeness (QED) is 0.295. The van der Waals surface area contributed by atoms with Gasteiger partial charge >= 0.3 is 0 Å². The van der Waals surface area contributed by atoms with Crippen molar-refractivity contribution in [3.8, 4) is 5.75 Å². The number of nitrogens with zero attached hydrogens (tertiary/aromatic N) is 2. The summed E-state index contributed by atoms with van der Waals surface area (Å²) in [6.45, 7) is 1.92. The highest BCUT2D eigenvalue weighted by Crippen LogP contribution is 2.23. The van der Waals surface area contributed by atoms with Gasteiger partial charge in [-0.1, -0.05) is 48.2 Å². The van der Waals surface area contributed by atoms with Crippen molar-refractivity contribution in [2.75, 3.05) is 0 Å². The Kier molecular flexibility index (Phi) is 5.42. The molecule has 0 spiro atoms. The van der Waals surface area contributed by atoms with Crippen molar-refractivity contribution in [1.29, 1.82) is 0 Å². The molecule has 0 aliphatic heterocycles. The molecule has 3 aromatic carbocycles. The minimum Gasteiger partial charge on any atom is -0.508 e. The third kappa shape index (κ3) is 3.86. The summed E-state index contributed by atoms with van der Waals surface area (Å²) in [6, 6.07) is 19.3. The van der Waals surface area contributed by atoms with Crippen LogP contribution in [0.15, 0.2) is 76.7 Å². The van der Waals surface area contributed by atoms with E-state index in [1.807, 2.05) is 37.3 Å². The fraction of sp³-hybridized carbons (Fsp3) is 0.125. The van der Waals surface area contributed by atoms with Crippen LogP contribution in [0.1, 0.15) is 27.0 Å². The van der Waals surface area contributed by atoms with Crippen molar-refractivity contribution in [1.82, 2.24) is 9.55 Å². The average molecular weight is 417 g/mol. The molecular formula is C24H20N2O3S. The summed E-state index contributed by atoms with van der Waals surface area (Å²) in [5, 5.41) is 10.7. The highest BCUT2D eigenvalue weighted by molar-refractivity contribution is 7.98. The molecule has 0 amide bonds. The second kappa shape index (κ2) is 8.16. The second-order valence-corrected chi connectivity index (χ2v) is 8.03. The minimum absolute atomic E-state index is 0.0459. The lowest BCUT2D eigenvalue weighted by Crippen LogP contribution is -2.20. The number of hydrogen-bond donors (Lipinski definition) is 1. The van der Waals surface area contributed by atoms with Gasteiger partial charge in [-0.15, -0.1) is 0 Å². The van der Waals surface area contributed by atoms with Gasteiger partial charge in [0.2, 0.25) is 0 Å². The van der Waals surface area contributed by atoms with Crippen molar-refractivity contribution in [3.63, 3.8) is 0 Å². The van der Waals surface area contributed by atoms with E-state index in [2.05, 4.69) is 4.98 Å². The molecule has 0 atom stereocenters. The Morgan fingerprint density at radius 3 is 2.30 bits per heavy atom. The topological polar surface area (TPSA) is 72.2 Å². The zero-order valence-electron chi connectivity index (χ0n) is 16.6. The number of thioether (sulfide) groups is 1. The summed E-state index contributed by atoms with van der Waals surface area (Å²) in [6.07, 6.45) is 0. The van der Waals surface area contributed by atoms with Gasteiger partial charge in [0.15, 0.2) is 10.9 Å². The van der Waals surface area contributed by atoms with Crippen LogP contribution in [0.2, 0.25) is 0 Å². The van der Waals surface area contributed by atoms with Gasteiger partial charge in [0.1, 0.15) is 5.75 Å². The number of benzene rings is 3. The first kappa shape index (κ1) is 19.9. The first-order chi connectivity index (χ1) is 14.4. The second-order valence-electron chi connectivity index (χ2n) is 7.09. The molecule has 0 radical (unpaired) electrons. The average Bonchev–Trinajstić information content (AvgIpc) is 2.75. The largest absolute Gasteiger partial charge is 0.508 e. The predicted molar refractivity (Wildman–Crippen MR) is 119 cm³/mol. The summed E-state index contributed by atoms with van der Waals surface area (Å²) in [5.74, 6) is 0.666. The summed E-state index contributed by atoms with van der Waals surface area (Å²) in [7, 11) is 1.74. The molecule has 6 heteroatoms. The van der Waals surface area contributed by atoms with Crippen LogP contribution in [-0.4, -0.2) is 20.4 Å². The Bertz CT molecular complexity index is 1290. The first-order valence-corrected chi connectivity index (χ1v) is 10.4. The van der Waals surface area contributed by atoms with E-state index in [1.165, 1.54) is 23.9 Å². The van der Waals surface area contributed by atoms with Gasteiger partial charge < -0.3 is 5.11 Å². The number of aromatic hydroxyl groups is 1. The van der Waals surface area contributed by atoms with E-state index < -0.39 is 0 Å². The van der Waals surface area contributed by atoms with Crippen LogP contribution in [-0.2, 0) is 12.8 Å². The molecule has 30 heavy (non-hydrogen) atoms. The maximum atomic E-state index is 12.7. The van der Waals surface area contributed by atoms with Crippen LogP contribution in [0.3, 0.4) is 0 Å². The van der Waals surface area contributed by atoms with Gasteiger partial charge in [-0.05, 0) is 48.4 Å². The van der Waals surface area contributed by atoms with Crippen molar-refractivity contribution >= 4 is 28.4 Å². The van der Waals surface area contributed by atoms with Crippen molar-refractivity contribution < 1.29 is 9.90 Å². The molecule has 1 heterocycles. The van der Waals surface area contributed by atoms with Crippen LogP contribution in [0, 0.1) is 6.92 Å². The predicted octanol–water partition coefficient (Wildman–Crippen LogP) is 4.47. The fourth-order valence-corrected chi connectivity index (χ4v) is 4.19. The van der Waals surface area contributed by atoms with E-state index in [-0.39, 0.29) is 17.1 Å². The zero-order valence-corrected chi connectivity index (χ0v) is 17.4. The Morgan fingerprint density at radius 2 is 1.63 bits per heavy atom. The van der Waals surface area contributed by atoms with Crippen molar-refractivity contribution in [2.24, 2.45) is 7.05 Å². The third-order valence-electron chi connectivity index (χ3n) is 4.99. The van der Waals surface area contributed by atoms with Crippen LogP contribution in [0.25, 0.3) is 10.9 Å². The summed E-state index contributed by atoms with van der Waals surface area (Å²) < 4.78 is 1.59. The number of hydrogen-bond acceptors (Lipinski definition) is 5. The minimum atomic E-state index is -0.0943. The molecular weight excluding hydrogens is 396 g/mol. The highest BCUT2D eigenvalue weighted by atomic mass is 32.2. The van der Waals surface area contributed by atoms with Crippen LogP contribution in [0.5, 0.6) is 5.75 Å². The lowest BCUT2D eigenvalue weighted by Gasteiger charge is -2.10. The maximum absolute atomic E-state index is 12.7. The number of rotatable bonds is 5. The highest BCUT2D eigenvalue weighted by Gasteiger charge is 2.12. The summed E-state index contributed by atoms with van der Waals surface area (Å²) in [5.41, 5.74) is 3.72. The molecule has 0 aliphatic carbocycles. The number of aryl methyl sites for hydroxylation is 1. The van der Waals surface area contributed by atoms with E-state index >= 15 is 0 Å². The molecule has 4 rings (SSSR count). The number of ketones is 1. The molecule has 5 nitrogen and oxygen atoms in total. The number of phenols is 1. The van der Waals surface area contributed by atoms with Crippen LogP contribution < -0.4 is 5.56 Å². The van der Waals surface area contributed by atoms with Gasteiger partial charge in [0.25, 0.3) is 5.56 Å². The van der Waals surface area contributed by atoms with Crippen LogP contribution >= 0.6 is 11.8 Å². The van der Waals surface area contributed by atoms with Crippen molar-refractivity contribution in [3.05, 3.63) is 99.3 Å². The Labute approximate surface area is 178 Å². The number of aromatic nitrogens is 2. The molecule has 0 saturated carbocycles. The summed E-state index contributed by atoms with van der Waals surface area (Å²) >= 11 is 1.49. The van der Waals surface area contributed by atoms with Crippen molar-refractivity contribution in [2.45, 2.75) is 17.8 Å². The molecule has 1 aromatic heterocycles. The van der Waals surface area contributed by atoms with Gasteiger partial charge in [-0.3, -0.25) is 14.2 Å². The number of carbonyl (C=O) groups is 1. The van der Waals surface area contributed by atoms with E-state index in [9.17, 15) is 14.7 Å². The monoisotopic (exact) mass is 416 g/mol. The molecule has 0 saturated heterocycles. The Balaban J connectivity index is 1.52. The summed E-state index contributed by atoms with van der Waals surface area (Å²) in [4.78, 5) is 29.9. The maximum Gasteiger partial charge on any atom is 0.262 e. The number of phenolic OH excluding ortho intramolecular Hbond substituents is 1. The van der Waals surface area contributed by atoms with Gasteiger partial charge in [-0.2, -0.15) is 0 Å². The Hall–Kier alpha value is -3.38. The molecule has 150 valence electrons. The van der Waals surface area contributed by atoms with Crippen LogP contribution in [0.4, 0.5) is 0 Å². The first-order valence-electron chi connectivity index (χ1n) is 9.46. The SMILES string of the molecule is Cc1cccc2nc(SCc3ccc(C(=O)c4ccc(O)cc4)cc3)n(C)c(=O)c12. The molecule has 0 unspecified atom stereocenters. The Morgan fingerprint density at radius 1 is 1.00 bits per heavy atom. The number of carbonyl (C=O) groups excluding carboxylic acids is 1. The van der Waals surface area contributed by atoms with Gasteiger partial charge in [0, 0.05) is 23.9 Å². The molecule has 4 aromatic rings. The number of fused-ring (bicyclic) bond motifs is 1. The molecule has 0 fully saturated rings. The zero-order chi connectivity index (χ0) is 21.3. The lowest BCUT2D eigenvalue weighted by atomic mass is 10.0. The van der Waals surface area contributed by atoms with E-state index in [0.29, 0.717) is 32.9 Å². The standard InChI is InChI=1S/C24H20N2O3S/c1-15-4-3-5-20-21(15)23(29)26(2)24(25-20)30-14-16-6-8-17(9-7-16)22(28)18-10-12-19(27)13-11-18/h3-13,27H,14H2,1-2H3.